The summed E-state index contributed by atoms with van der Waals surface area (Å²) in [5.74, 6) is 0.0428. The number of β-amino-alcohol motifs (C(OH)–C–C–N with tert-alkyl or cyclic N) is 1. The van der Waals surface area contributed by atoms with E-state index in [1.54, 1.807) is 0 Å². The molecule has 1 aliphatic rings. The van der Waals surface area contributed by atoms with Crippen LogP contribution < -0.4 is 5.73 Å². The number of carbonyl (C=O) groups excluding carboxylic acids is 1. The van der Waals surface area contributed by atoms with Crippen LogP contribution in [0.5, 0.6) is 0 Å². The highest BCUT2D eigenvalue weighted by molar-refractivity contribution is 5.69. The molecule has 1 rings (SSSR count). The zero-order chi connectivity index (χ0) is 13.3. The summed E-state index contributed by atoms with van der Waals surface area (Å²) in [5.41, 5.74) is 4.28. The molecule has 1 unspecified atom stereocenters. The fourth-order valence-electron chi connectivity index (χ4n) is 2.09. The van der Waals surface area contributed by atoms with E-state index < -0.39 is 11.2 Å². The van der Waals surface area contributed by atoms with Gasteiger partial charge in [-0.05, 0) is 33.7 Å². The largest absolute Gasteiger partial charge is 0.444 e. The van der Waals surface area contributed by atoms with Crippen molar-refractivity contribution in [3.8, 4) is 0 Å². The maximum atomic E-state index is 11.7. The van der Waals surface area contributed by atoms with Crippen molar-refractivity contribution < 1.29 is 14.6 Å². The molecule has 3 N–H and O–H groups in total. The minimum atomic E-state index is -0.833. The number of carbonyl (C=O) groups is 1. The van der Waals surface area contributed by atoms with Gasteiger partial charge in [0.1, 0.15) is 11.2 Å². The van der Waals surface area contributed by atoms with Crippen molar-refractivity contribution in [1.82, 2.24) is 4.90 Å². The average molecular weight is 244 g/mol. The molecule has 1 fully saturated rings. The molecule has 5 heteroatoms. The molecule has 1 heterocycles. The van der Waals surface area contributed by atoms with E-state index in [2.05, 4.69) is 0 Å². The van der Waals surface area contributed by atoms with Gasteiger partial charge in [0.25, 0.3) is 0 Å². The highest BCUT2D eigenvalue weighted by Gasteiger charge is 2.49. The maximum absolute atomic E-state index is 11.7. The fraction of sp³-hybridized carbons (Fsp3) is 0.917. The third-order valence-corrected chi connectivity index (χ3v) is 3.12. The zero-order valence-electron chi connectivity index (χ0n) is 11.2. The molecule has 100 valence electrons. The number of hydrogen-bond acceptors (Lipinski definition) is 4. The molecule has 1 atom stereocenters. The van der Waals surface area contributed by atoms with E-state index >= 15 is 0 Å². The lowest BCUT2D eigenvalue weighted by molar-refractivity contribution is -0.130. The first-order valence-electron chi connectivity index (χ1n) is 6.12. The molecule has 0 aromatic rings. The predicted octanol–water partition coefficient (Wildman–Crippen LogP) is 0.953. The van der Waals surface area contributed by atoms with Gasteiger partial charge >= 0.3 is 6.09 Å². The minimum absolute atomic E-state index is 0.0428. The summed E-state index contributed by atoms with van der Waals surface area (Å²) >= 11 is 0. The van der Waals surface area contributed by atoms with E-state index in [9.17, 15) is 9.90 Å². The van der Waals surface area contributed by atoms with Gasteiger partial charge in [0.15, 0.2) is 0 Å². The third kappa shape index (κ3) is 3.33. The van der Waals surface area contributed by atoms with Crippen LogP contribution >= 0.6 is 0 Å². The Morgan fingerprint density at radius 2 is 2.06 bits per heavy atom. The molecule has 1 amide bonds. The second-order valence-corrected chi connectivity index (χ2v) is 5.78. The van der Waals surface area contributed by atoms with E-state index in [0.717, 1.165) is 6.42 Å². The SMILES string of the molecule is CCC(CN)C1(O)CN(C(=O)OC(C)(C)C)C1. The van der Waals surface area contributed by atoms with Crippen molar-refractivity contribution in [1.29, 1.82) is 0 Å². The predicted molar refractivity (Wildman–Crippen MR) is 65.6 cm³/mol. The van der Waals surface area contributed by atoms with Gasteiger partial charge in [-0.2, -0.15) is 0 Å². The molecule has 0 aliphatic carbocycles. The number of rotatable bonds is 3. The van der Waals surface area contributed by atoms with Crippen LogP contribution in [0.3, 0.4) is 0 Å². The first-order valence-corrected chi connectivity index (χ1v) is 6.12. The van der Waals surface area contributed by atoms with Gasteiger partial charge < -0.3 is 20.5 Å². The van der Waals surface area contributed by atoms with Gasteiger partial charge in [-0.1, -0.05) is 6.92 Å². The fourth-order valence-corrected chi connectivity index (χ4v) is 2.09. The van der Waals surface area contributed by atoms with Gasteiger partial charge in [0, 0.05) is 5.92 Å². The first kappa shape index (κ1) is 14.3. The minimum Gasteiger partial charge on any atom is -0.444 e. The molecule has 1 aliphatic heterocycles. The molecule has 0 saturated carbocycles. The number of hydrogen-bond donors (Lipinski definition) is 2. The Labute approximate surface area is 103 Å². The lowest BCUT2D eigenvalue weighted by Gasteiger charge is -2.50. The molecule has 1 saturated heterocycles. The second-order valence-electron chi connectivity index (χ2n) is 5.78. The normalized spacial score (nSPS) is 20.7. The van der Waals surface area contributed by atoms with E-state index in [1.165, 1.54) is 4.90 Å². The number of nitrogens with two attached hydrogens (primary N) is 1. The van der Waals surface area contributed by atoms with Crippen molar-refractivity contribution in [2.45, 2.75) is 45.3 Å². The molecule has 0 spiro atoms. The second kappa shape index (κ2) is 4.82. The summed E-state index contributed by atoms with van der Waals surface area (Å²) in [6, 6.07) is 0. The standard InChI is InChI=1S/C12H24N2O3/c1-5-9(6-13)12(16)7-14(8-12)10(15)17-11(2,3)4/h9,16H,5-8,13H2,1-4H3. The zero-order valence-corrected chi connectivity index (χ0v) is 11.2. The molecule has 5 nitrogen and oxygen atoms in total. The van der Waals surface area contributed by atoms with Crippen LogP contribution in [-0.2, 0) is 4.74 Å². The van der Waals surface area contributed by atoms with Crippen LogP contribution in [0.25, 0.3) is 0 Å². The van der Waals surface area contributed by atoms with E-state index in [0.29, 0.717) is 19.6 Å². The van der Waals surface area contributed by atoms with Crippen LogP contribution in [0.15, 0.2) is 0 Å². The summed E-state index contributed by atoms with van der Waals surface area (Å²) in [4.78, 5) is 13.2. The van der Waals surface area contributed by atoms with Gasteiger partial charge in [-0.15, -0.1) is 0 Å². The summed E-state index contributed by atoms with van der Waals surface area (Å²) < 4.78 is 5.23. The lowest BCUT2D eigenvalue weighted by Crippen LogP contribution is -2.68. The molecule has 17 heavy (non-hydrogen) atoms. The highest BCUT2D eigenvalue weighted by Crippen LogP contribution is 2.31. The molecular formula is C12H24N2O3. The summed E-state index contributed by atoms with van der Waals surface area (Å²) in [5, 5.41) is 10.3. The van der Waals surface area contributed by atoms with E-state index in [4.69, 9.17) is 10.5 Å². The number of nitrogens with zero attached hydrogens (tertiary/aromatic N) is 1. The number of likely N-dealkylation sites (tertiary alicyclic amines) is 1. The van der Waals surface area contributed by atoms with Crippen LogP contribution in [0.2, 0.25) is 0 Å². The number of ether oxygens (including phenoxy) is 1. The Kier molecular flexibility index (Phi) is 4.04. The highest BCUT2D eigenvalue weighted by atomic mass is 16.6. The van der Waals surface area contributed by atoms with Gasteiger partial charge in [0.2, 0.25) is 0 Å². The number of aliphatic hydroxyl groups is 1. The van der Waals surface area contributed by atoms with Crippen LogP contribution in [-0.4, -0.2) is 46.9 Å². The Morgan fingerprint density at radius 1 is 1.53 bits per heavy atom. The average Bonchev–Trinajstić information content (AvgIpc) is 2.12. The van der Waals surface area contributed by atoms with E-state index in [-0.39, 0.29) is 12.0 Å². The molecular weight excluding hydrogens is 220 g/mol. The lowest BCUT2D eigenvalue weighted by atomic mass is 9.79. The van der Waals surface area contributed by atoms with Crippen molar-refractivity contribution in [2.75, 3.05) is 19.6 Å². The van der Waals surface area contributed by atoms with Crippen molar-refractivity contribution in [3.63, 3.8) is 0 Å². The molecule has 0 radical (unpaired) electrons. The van der Waals surface area contributed by atoms with Crippen LogP contribution in [0.1, 0.15) is 34.1 Å². The van der Waals surface area contributed by atoms with Crippen LogP contribution in [0.4, 0.5) is 4.79 Å². The maximum Gasteiger partial charge on any atom is 0.410 e. The van der Waals surface area contributed by atoms with E-state index in [1.807, 2.05) is 27.7 Å². The van der Waals surface area contributed by atoms with Crippen molar-refractivity contribution in [3.05, 3.63) is 0 Å². The number of amides is 1. The first-order chi connectivity index (χ1) is 7.72. The molecule has 0 bridgehead atoms. The van der Waals surface area contributed by atoms with Crippen LogP contribution in [0, 0.1) is 5.92 Å². The topological polar surface area (TPSA) is 75.8 Å². The molecule has 0 aromatic heterocycles. The van der Waals surface area contributed by atoms with Crippen molar-refractivity contribution in [2.24, 2.45) is 11.7 Å². The summed E-state index contributed by atoms with van der Waals surface area (Å²) in [7, 11) is 0. The quantitative estimate of drug-likeness (QED) is 0.775. The van der Waals surface area contributed by atoms with Gasteiger partial charge in [-0.3, -0.25) is 0 Å². The van der Waals surface area contributed by atoms with Crippen molar-refractivity contribution >= 4 is 6.09 Å². The monoisotopic (exact) mass is 244 g/mol. The van der Waals surface area contributed by atoms with Gasteiger partial charge in [0.05, 0.1) is 13.1 Å². The summed E-state index contributed by atoms with van der Waals surface area (Å²) in [6.45, 7) is 8.54. The summed E-state index contributed by atoms with van der Waals surface area (Å²) in [6.07, 6.45) is 0.448. The Hall–Kier alpha value is -0.810. The smallest absolute Gasteiger partial charge is 0.410 e. The Bertz CT molecular complexity index is 276. The Balaban J connectivity index is 2.48. The van der Waals surface area contributed by atoms with Gasteiger partial charge in [-0.25, -0.2) is 4.79 Å². The molecule has 0 aromatic carbocycles. The third-order valence-electron chi connectivity index (χ3n) is 3.12. The Morgan fingerprint density at radius 3 is 2.41 bits per heavy atom.